The Morgan fingerprint density at radius 3 is 2.57 bits per heavy atom. The van der Waals surface area contributed by atoms with E-state index in [2.05, 4.69) is 10.6 Å². The van der Waals surface area contributed by atoms with Crippen molar-refractivity contribution in [2.45, 2.75) is 31.3 Å². The van der Waals surface area contributed by atoms with Crippen LogP contribution in [0.4, 0.5) is 4.39 Å². The van der Waals surface area contributed by atoms with E-state index in [4.69, 9.17) is 21.1 Å². The van der Waals surface area contributed by atoms with Gasteiger partial charge in [0.25, 0.3) is 5.91 Å². The van der Waals surface area contributed by atoms with Crippen molar-refractivity contribution in [1.82, 2.24) is 10.6 Å². The summed E-state index contributed by atoms with van der Waals surface area (Å²) in [6.07, 6.45) is 0.567. The molecule has 5 rings (SSSR count). The van der Waals surface area contributed by atoms with Gasteiger partial charge in [0.2, 0.25) is 5.91 Å². The molecule has 3 aromatic rings. The normalized spacial score (nSPS) is 18.9. The molecule has 0 fully saturated rings. The van der Waals surface area contributed by atoms with E-state index in [-0.39, 0.29) is 22.5 Å². The summed E-state index contributed by atoms with van der Waals surface area (Å²) in [5.74, 6) is -0.271. The molecule has 35 heavy (non-hydrogen) atoms. The summed E-state index contributed by atoms with van der Waals surface area (Å²) in [6, 6.07) is 16.1. The van der Waals surface area contributed by atoms with Crippen molar-refractivity contribution >= 4 is 23.4 Å². The zero-order valence-electron chi connectivity index (χ0n) is 19.0. The molecule has 1 heterocycles. The van der Waals surface area contributed by atoms with Crippen molar-refractivity contribution in [3.63, 3.8) is 0 Å². The summed E-state index contributed by atoms with van der Waals surface area (Å²) < 4.78 is 24.7. The molecular weight excluding hydrogens is 471 g/mol. The number of nitrogens with one attached hydrogen (secondary N) is 2. The number of rotatable bonds is 5. The van der Waals surface area contributed by atoms with Gasteiger partial charge in [-0.3, -0.25) is 9.59 Å². The molecule has 0 radical (unpaired) electrons. The van der Waals surface area contributed by atoms with Crippen LogP contribution in [0.1, 0.15) is 45.9 Å². The number of carbonyl (C=O) groups excluding carboxylic acids is 2. The second kappa shape index (κ2) is 9.58. The van der Waals surface area contributed by atoms with Crippen molar-refractivity contribution in [2.75, 3.05) is 13.2 Å². The van der Waals surface area contributed by atoms with Crippen LogP contribution < -0.4 is 20.1 Å². The van der Waals surface area contributed by atoms with Gasteiger partial charge in [-0.2, -0.15) is 0 Å². The highest BCUT2D eigenvalue weighted by molar-refractivity contribution is 6.33. The number of amides is 2. The second-order valence-electron chi connectivity index (χ2n) is 8.72. The molecule has 1 aliphatic carbocycles. The lowest BCUT2D eigenvalue weighted by atomic mass is 9.98. The summed E-state index contributed by atoms with van der Waals surface area (Å²) in [6.45, 7) is 2.80. The highest BCUT2D eigenvalue weighted by atomic mass is 35.5. The van der Waals surface area contributed by atoms with Crippen molar-refractivity contribution in [3.8, 4) is 11.5 Å². The van der Waals surface area contributed by atoms with Gasteiger partial charge >= 0.3 is 0 Å². The Labute approximate surface area is 207 Å². The van der Waals surface area contributed by atoms with Gasteiger partial charge in [0.05, 0.1) is 28.6 Å². The molecule has 8 heteroatoms. The van der Waals surface area contributed by atoms with Gasteiger partial charge in [0.15, 0.2) is 11.5 Å². The minimum absolute atomic E-state index is 0.0293. The molecule has 1 unspecified atom stereocenters. The molecule has 2 aliphatic rings. The number of ether oxygens (including phenoxy) is 2. The first-order valence-corrected chi connectivity index (χ1v) is 11.8. The monoisotopic (exact) mass is 494 g/mol. The second-order valence-corrected chi connectivity index (χ2v) is 9.13. The fourth-order valence-electron chi connectivity index (χ4n) is 4.59. The summed E-state index contributed by atoms with van der Waals surface area (Å²) >= 11 is 6.10. The zero-order chi connectivity index (χ0) is 24.5. The number of fused-ring (bicyclic) bond motifs is 2. The zero-order valence-corrected chi connectivity index (χ0v) is 19.8. The van der Waals surface area contributed by atoms with E-state index in [1.54, 1.807) is 0 Å². The number of benzene rings is 3. The molecule has 180 valence electrons. The van der Waals surface area contributed by atoms with Crippen molar-refractivity contribution < 1.29 is 23.5 Å². The highest BCUT2D eigenvalue weighted by Gasteiger charge is 2.36. The molecule has 0 bridgehead atoms. The quantitative estimate of drug-likeness (QED) is 0.545. The van der Waals surface area contributed by atoms with Crippen LogP contribution >= 0.6 is 11.6 Å². The fourth-order valence-corrected chi connectivity index (χ4v) is 4.84. The van der Waals surface area contributed by atoms with E-state index >= 15 is 0 Å². The van der Waals surface area contributed by atoms with Crippen LogP contribution in [0.25, 0.3) is 0 Å². The smallest absolute Gasteiger partial charge is 0.253 e. The molecular formula is C27H24ClFN2O4. The average molecular weight is 495 g/mol. The van der Waals surface area contributed by atoms with Gasteiger partial charge in [-0.05, 0) is 60.4 Å². The lowest BCUT2D eigenvalue weighted by Crippen LogP contribution is -2.45. The SMILES string of the molecule is CC(C(=O)N[C@@H]1Cc2ccccc2[C@H]1NC(=O)c1ccc(F)cc1Cl)c1ccc2c(c1)OCCO2. The van der Waals surface area contributed by atoms with Crippen molar-refractivity contribution in [3.05, 3.63) is 93.8 Å². The van der Waals surface area contributed by atoms with Crippen LogP contribution in [0.5, 0.6) is 11.5 Å². The Morgan fingerprint density at radius 1 is 1.00 bits per heavy atom. The first kappa shape index (κ1) is 23.2. The predicted molar refractivity (Wildman–Crippen MR) is 130 cm³/mol. The summed E-state index contributed by atoms with van der Waals surface area (Å²) in [5, 5.41) is 6.13. The van der Waals surface area contributed by atoms with Gasteiger partial charge in [0, 0.05) is 0 Å². The Kier molecular flexibility index (Phi) is 6.34. The maximum atomic E-state index is 13.4. The van der Waals surface area contributed by atoms with Crippen LogP contribution in [-0.4, -0.2) is 31.1 Å². The molecule has 2 N–H and O–H groups in total. The topological polar surface area (TPSA) is 76.7 Å². The van der Waals surface area contributed by atoms with Gasteiger partial charge < -0.3 is 20.1 Å². The van der Waals surface area contributed by atoms with Crippen LogP contribution in [0.3, 0.4) is 0 Å². The predicted octanol–water partition coefficient (Wildman–Crippen LogP) is 4.57. The summed E-state index contributed by atoms with van der Waals surface area (Å²) in [4.78, 5) is 26.3. The van der Waals surface area contributed by atoms with Crippen LogP contribution in [0, 0.1) is 5.82 Å². The van der Waals surface area contributed by atoms with Gasteiger partial charge in [-0.15, -0.1) is 0 Å². The molecule has 6 nitrogen and oxygen atoms in total. The highest BCUT2D eigenvalue weighted by Crippen LogP contribution is 2.35. The first-order valence-electron chi connectivity index (χ1n) is 11.4. The lowest BCUT2D eigenvalue weighted by Gasteiger charge is -2.25. The van der Waals surface area contributed by atoms with E-state index in [0.29, 0.717) is 31.1 Å². The minimum atomic E-state index is -0.518. The molecule has 1 aliphatic heterocycles. The largest absolute Gasteiger partial charge is 0.486 e. The number of hydrogen-bond acceptors (Lipinski definition) is 4. The van der Waals surface area contributed by atoms with E-state index in [1.807, 2.05) is 49.4 Å². The van der Waals surface area contributed by atoms with E-state index < -0.39 is 23.7 Å². The van der Waals surface area contributed by atoms with Crippen LogP contribution in [0.15, 0.2) is 60.7 Å². The molecule has 0 saturated carbocycles. The van der Waals surface area contributed by atoms with E-state index in [0.717, 1.165) is 22.8 Å². The Morgan fingerprint density at radius 2 is 1.77 bits per heavy atom. The molecule has 0 saturated heterocycles. The maximum absolute atomic E-state index is 13.4. The van der Waals surface area contributed by atoms with Gasteiger partial charge in [-0.25, -0.2) is 4.39 Å². The summed E-state index contributed by atoms with van der Waals surface area (Å²) in [5.41, 5.74) is 2.95. The Hall–Kier alpha value is -3.58. The van der Waals surface area contributed by atoms with Gasteiger partial charge in [0.1, 0.15) is 19.0 Å². The first-order chi connectivity index (χ1) is 16.9. The third-order valence-corrected chi connectivity index (χ3v) is 6.79. The van der Waals surface area contributed by atoms with Crippen LogP contribution in [0.2, 0.25) is 5.02 Å². The standard InChI is InChI=1S/C27H24ClFN2O4/c1-15(16-6-9-23-24(13-16)35-11-10-34-23)26(32)30-22-12-17-4-2-3-5-19(17)25(22)31-27(33)20-8-7-18(29)14-21(20)28/h2-9,13-15,22,25H,10-12H2,1H3,(H,30,32)(H,31,33)/t15?,22-,25-/m1/s1. The van der Waals surface area contributed by atoms with Crippen LogP contribution in [-0.2, 0) is 11.2 Å². The molecule has 3 atom stereocenters. The number of carbonyl (C=O) groups is 2. The number of hydrogen-bond donors (Lipinski definition) is 2. The van der Waals surface area contributed by atoms with Crippen molar-refractivity contribution in [1.29, 1.82) is 0 Å². The molecule has 3 aromatic carbocycles. The molecule has 0 spiro atoms. The maximum Gasteiger partial charge on any atom is 0.253 e. The molecule has 2 amide bonds. The fraction of sp³-hybridized carbons (Fsp3) is 0.259. The van der Waals surface area contributed by atoms with E-state index in [9.17, 15) is 14.0 Å². The average Bonchev–Trinajstić information content (AvgIpc) is 3.19. The van der Waals surface area contributed by atoms with E-state index in [1.165, 1.54) is 12.1 Å². The van der Waals surface area contributed by atoms with Gasteiger partial charge in [-0.1, -0.05) is 41.9 Å². The summed E-state index contributed by atoms with van der Waals surface area (Å²) in [7, 11) is 0. The third-order valence-electron chi connectivity index (χ3n) is 6.48. The minimum Gasteiger partial charge on any atom is -0.486 e. The lowest BCUT2D eigenvalue weighted by molar-refractivity contribution is -0.123. The van der Waals surface area contributed by atoms with Crippen molar-refractivity contribution in [2.24, 2.45) is 0 Å². The third kappa shape index (κ3) is 4.68. The Balaban J connectivity index is 1.35. The number of halogens is 2. The Bertz CT molecular complexity index is 1300. The molecule has 0 aromatic heterocycles.